The molecule has 10 heteroatoms. The van der Waals surface area contributed by atoms with Gasteiger partial charge in [-0.05, 0) is 34.4 Å². The van der Waals surface area contributed by atoms with Gasteiger partial charge in [0.25, 0.3) is 5.69 Å². The molecule has 2 atom stereocenters. The Hall–Kier alpha value is -4.96. The number of hydrogen-bond acceptors (Lipinski definition) is 7. The van der Waals surface area contributed by atoms with Gasteiger partial charge >= 0.3 is 5.97 Å². The summed E-state index contributed by atoms with van der Waals surface area (Å²) >= 11 is 3.96. The minimum Gasteiger partial charge on any atom is -0.454 e. The van der Waals surface area contributed by atoms with Crippen molar-refractivity contribution < 1.29 is 28.8 Å². The molecule has 4 aromatic rings. The molecule has 4 aliphatic rings. The summed E-state index contributed by atoms with van der Waals surface area (Å²) in [7, 11) is 0. The van der Waals surface area contributed by atoms with Crippen molar-refractivity contribution in [1.29, 1.82) is 0 Å². The molecule has 0 aromatic heterocycles. The first kappa shape index (κ1) is 26.9. The molecule has 9 nitrogen and oxygen atoms in total. The third kappa shape index (κ3) is 3.82. The van der Waals surface area contributed by atoms with Crippen molar-refractivity contribution in [3.63, 3.8) is 0 Å². The molecule has 1 heterocycles. The monoisotopic (exact) mass is 636 g/mol. The number of nitro groups is 1. The number of anilines is 1. The Morgan fingerprint density at radius 1 is 0.860 bits per heavy atom. The van der Waals surface area contributed by atoms with Crippen molar-refractivity contribution >= 4 is 50.9 Å². The van der Waals surface area contributed by atoms with Gasteiger partial charge in [-0.3, -0.25) is 24.5 Å². The van der Waals surface area contributed by atoms with Gasteiger partial charge in [-0.15, -0.1) is 0 Å². The maximum Gasteiger partial charge on any atom is 0.340 e. The number of carbonyl (C=O) groups excluding carboxylic acids is 4. The van der Waals surface area contributed by atoms with Crippen LogP contribution in [0.2, 0.25) is 0 Å². The molecule has 0 N–H and O–H groups in total. The van der Waals surface area contributed by atoms with Crippen molar-refractivity contribution in [1.82, 2.24) is 0 Å². The number of non-ortho nitro benzene ring substituents is 1. The maximum absolute atomic E-state index is 14.3. The molecule has 1 saturated heterocycles. The summed E-state index contributed by atoms with van der Waals surface area (Å²) in [4.78, 5) is 66.0. The fraction of sp³-hybridized carbons (Fsp3) is 0.152. The number of ketones is 1. The van der Waals surface area contributed by atoms with Crippen molar-refractivity contribution in [2.24, 2.45) is 11.8 Å². The van der Waals surface area contributed by atoms with E-state index in [1.54, 1.807) is 12.1 Å². The van der Waals surface area contributed by atoms with Crippen molar-refractivity contribution in [3.8, 4) is 0 Å². The highest BCUT2D eigenvalue weighted by molar-refractivity contribution is 9.09. The molecule has 8 rings (SSSR count). The van der Waals surface area contributed by atoms with Crippen LogP contribution < -0.4 is 4.90 Å². The molecule has 43 heavy (non-hydrogen) atoms. The first-order valence-corrected chi connectivity index (χ1v) is 14.3. The predicted octanol–water partition coefficient (Wildman–Crippen LogP) is 5.54. The number of alkyl halides is 1. The van der Waals surface area contributed by atoms with Gasteiger partial charge in [0, 0.05) is 23.6 Å². The van der Waals surface area contributed by atoms with Gasteiger partial charge in [-0.25, -0.2) is 9.69 Å². The first-order chi connectivity index (χ1) is 20.7. The van der Waals surface area contributed by atoms with Crippen LogP contribution in [0.1, 0.15) is 48.9 Å². The number of halogens is 1. The van der Waals surface area contributed by atoms with Gasteiger partial charge in [-0.1, -0.05) is 88.7 Å². The summed E-state index contributed by atoms with van der Waals surface area (Å²) in [6, 6.07) is 26.9. The van der Waals surface area contributed by atoms with Gasteiger partial charge in [0.1, 0.15) is 0 Å². The number of benzene rings is 4. The normalized spacial score (nSPS) is 22.9. The molecule has 212 valence electrons. The minimum absolute atomic E-state index is 0.0153. The summed E-state index contributed by atoms with van der Waals surface area (Å²) in [5, 5.41) is 11.1. The molecule has 3 aliphatic carbocycles. The number of rotatable bonds is 6. The second-order valence-corrected chi connectivity index (χ2v) is 12.0. The van der Waals surface area contributed by atoms with E-state index in [1.807, 2.05) is 48.5 Å². The lowest BCUT2D eigenvalue weighted by Crippen LogP contribution is -2.50. The van der Waals surface area contributed by atoms with E-state index in [9.17, 15) is 29.3 Å². The van der Waals surface area contributed by atoms with Crippen molar-refractivity contribution in [2.75, 3.05) is 11.5 Å². The van der Waals surface area contributed by atoms with Crippen LogP contribution >= 0.6 is 15.9 Å². The van der Waals surface area contributed by atoms with Gasteiger partial charge < -0.3 is 4.74 Å². The smallest absolute Gasteiger partial charge is 0.340 e. The summed E-state index contributed by atoms with van der Waals surface area (Å²) in [6.07, 6.45) is 0. The highest BCUT2D eigenvalue weighted by atomic mass is 79.9. The zero-order valence-corrected chi connectivity index (χ0v) is 23.9. The predicted molar refractivity (Wildman–Crippen MR) is 158 cm³/mol. The second kappa shape index (κ2) is 9.81. The summed E-state index contributed by atoms with van der Waals surface area (Å²) in [6.45, 7) is -0.682. The molecule has 2 amide bonds. The molecule has 2 bridgehead atoms. The van der Waals surface area contributed by atoms with E-state index in [2.05, 4.69) is 15.9 Å². The van der Waals surface area contributed by atoms with Crippen LogP contribution in [0.25, 0.3) is 0 Å². The van der Waals surface area contributed by atoms with E-state index in [0.29, 0.717) is 0 Å². The standard InChI is InChI=1S/C33H21BrN2O7/c34-33-23-13-4-1-10-20(23)27(21-11-2-5-14-24(21)33)28-29(33)31(39)35(30(28)38)25-15-6-3-12-22(25)32(40)43-17-26(37)18-8-7-9-19(16-18)36(41)42/h1-16,27-29H,17H2. The lowest BCUT2D eigenvalue weighted by atomic mass is 9.55. The second-order valence-electron chi connectivity index (χ2n) is 10.7. The molecular formula is C33H21BrN2O7. The zero-order valence-electron chi connectivity index (χ0n) is 22.3. The van der Waals surface area contributed by atoms with Crippen LogP contribution in [0.4, 0.5) is 11.4 Å². The third-order valence-electron chi connectivity index (χ3n) is 8.59. The van der Waals surface area contributed by atoms with Crippen LogP contribution in [-0.2, 0) is 18.7 Å². The summed E-state index contributed by atoms with van der Waals surface area (Å²) in [5.74, 6) is -4.19. The van der Waals surface area contributed by atoms with Gasteiger partial charge in [0.15, 0.2) is 6.61 Å². The lowest BCUT2D eigenvalue weighted by Gasteiger charge is -2.51. The summed E-state index contributed by atoms with van der Waals surface area (Å²) in [5.41, 5.74) is 3.61. The van der Waals surface area contributed by atoms with Crippen LogP contribution in [0.15, 0.2) is 97.1 Å². The fourth-order valence-corrected chi connectivity index (χ4v) is 8.05. The lowest BCUT2D eigenvalue weighted by molar-refractivity contribution is -0.384. The van der Waals surface area contributed by atoms with Crippen LogP contribution in [0.5, 0.6) is 0 Å². The van der Waals surface area contributed by atoms with E-state index in [0.717, 1.165) is 33.2 Å². The van der Waals surface area contributed by atoms with E-state index < -0.39 is 51.3 Å². The summed E-state index contributed by atoms with van der Waals surface area (Å²) < 4.78 is 4.35. The average Bonchev–Trinajstić information content (AvgIpc) is 3.30. The molecule has 0 radical (unpaired) electrons. The number of nitro benzene ring substituents is 1. The number of imide groups is 1. The van der Waals surface area contributed by atoms with Gasteiger partial charge in [-0.2, -0.15) is 0 Å². The first-order valence-electron chi connectivity index (χ1n) is 13.5. The number of amides is 2. The Morgan fingerprint density at radius 2 is 1.49 bits per heavy atom. The number of hydrogen-bond donors (Lipinski definition) is 0. The number of nitrogens with zero attached hydrogens (tertiary/aromatic N) is 2. The third-order valence-corrected chi connectivity index (χ3v) is 9.94. The Kier molecular flexibility index (Phi) is 6.14. The largest absolute Gasteiger partial charge is 0.454 e. The van der Waals surface area contributed by atoms with Crippen LogP contribution in [-0.4, -0.2) is 35.1 Å². The van der Waals surface area contributed by atoms with Crippen LogP contribution in [0.3, 0.4) is 0 Å². The minimum atomic E-state index is -0.943. The van der Waals surface area contributed by atoms with Crippen molar-refractivity contribution in [2.45, 2.75) is 10.2 Å². The molecule has 2 unspecified atom stereocenters. The van der Waals surface area contributed by atoms with Gasteiger partial charge in [0.2, 0.25) is 17.6 Å². The molecule has 1 fully saturated rings. The maximum atomic E-state index is 14.3. The zero-order chi connectivity index (χ0) is 30.0. The van der Waals surface area contributed by atoms with E-state index in [-0.39, 0.29) is 28.4 Å². The number of ether oxygens (including phenoxy) is 1. The molecule has 4 aromatic carbocycles. The SMILES string of the molecule is O=C(COC(=O)c1ccccc1N1C(=O)C2C3c4ccccc4C(Br)(c4ccccc43)C2C1=O)c1cccc([N+](=O)[O-])c1. The Labute approximate surface area is 253 Å². The quantitative estimate of drug-likeness (QED) is 0.0680. The van der Waals surface area contributed by atoms with E-state index in [4.69, 9.17) is 4.74 Å². The average molecular weight is 637 g/mol. The number of esters is 1. The molecular weight excluding hydrogens is 616 g/mol. The number of Topliss-reactive ketones (excluding diaryl/α,β-unsaturated/α-hetero) is 1. The highest BCUT2D eigenvalue weighted by Gasteiger charge is 2.67. The Balaban J connectivity index is 1.22. The van der Waals surface area contributed by atoms with E-state index in [1.165, 1.54) is 30.3 Å². The number of para-hydroxylation sites is 1. The molecule has 0 spiro atoms. The highest BCUT2D eigenvalue weighted by Crippen LogP contribution is 2.66. The number of carbonyl (C=O) groups is 4. The Morgan fingerprint density at radius 3 is 2.16 bits per heavy atom. The van der Waals surface area contributed by atoms with E-state index >= 15 is 0 Å². The van der Waals surface area contributed by atoms with Crippen molar-refractivity contribution in [3.05, 3.63) is 141 Å². The topological polar surface area (TPSA) is 124 Å². The Bertz CT molecular complexity index is 1860. The molecule has 0 saturated carbocycles. The molecule has 1 aliphatic heterocycles. The van der Waals surface area contributed by atoms with Gasteiger partial charge in [0.05, 0.1) is 32.3 Å². The fourth-order valence-electron chi connectivity index (χ4n) is 6.84. The van der Waals surface area contributed by atoms with Crippen LogP contribution in [0, 0.1) is 22.0 Å².